The second-order valence-electron chi connectivity index (χ2n) is 10.2. The molecule has 4 aromatic carbocycles. The van der Waals surface area contributed by atoms with E-state index in [-0.39, 0.29) is 5.84 Å². The summed E-state index contributed by atoms with van der Waals surface area (Å²) in [5.74, 6) is 6.46. The first-order chi connectivity index (χ1) is 16.7. The monoisotopic (exact) mass is 458 g/mol. The standard InChI is InChI=1S/C30H24N3O2/c1-29(2)30(3,4)33(35)28(32(29)34)25-10-6-9-23(31-25)17-15-19-11-12-22-14-13-20-7-5-8-21-16-18-24(19)27(22)26(20)21/h5-14,16,18H,1-4H3. The van der Waals surface area contributed by atoms with Crippen LogP contribution >= 0.6 is 0 Å². The Morgan fingerprint density at radius 3 is 2.11 bits per heavy atom. The molecule has 1 aliphatic rings. The van der Waals surface area contributed by atoms with E-state index in [0.717, 1.165) is 20.8 Å². The van der Waals surface area contributed by atoms with E-state index in [0.29, 0.717) is 11.4 Å². The number of rotatable bonds is 1. The molecule has 0 fully saturated rings. The molecule has 0 bridgehead atoms. The summed E-state index contributed by atoms with van der Waals surface area (Å²) in [7, 11) is 0. The molecule has 1 radical (unpaired) electrons. The van der Waals surface area contributed by atoms with Crippen LogP contribution in [0.15, 0.2) is 72.8 Å². The third kappa shape index (κ3) is 2.94. The summed E-state index contributed by atoms with van der Waals surface area (Å²) in [6.45, 7) is 7.09. The van der Waals surface area contributed by atoms with Gasteiger partial charge in [-0.3, -0.25) is 4.74 Å². The molecule has 5 heteroatoms. The van der Waals surface area contributed by atoms with Gasteiger partial charge in [-0.05, 0) is 84.1 Å². The van der Waals surface area contributed by atoms with Gasteiger partial charge < -0.3 is 5.21 Å². The van der Waals surface area contributed by atoms with E-state index in [1.54, 1.807) is 45.9 Å². The van der Waals surface area contributed by atoms with Crippen molar-refractivity contribution in [1.29, 1.82) is 0 Å². The van der Waals surface area contributed by atoms with Crippen molar-refractivity contribution in [3.8, 4) is 11.8 Å². The Kier molecular flexibility index (Phi) is 4.39. The lowest BCUT2D eigenvalue weighted by Gasteiger charge is -2.32. The second kappa shape index (κ2) is 7.18. The number of hydrogen-bond donors (Lipinski definition) is 0. The molecule has 0 amide bonds. The zero-order valence-corrected chi connectivity index (χ0v) is 20.1. The SMILES string of the molecule is CC1(C)N([O])C(c2cccc(C#Cc3ccc4ccc5cccc6ccc3c4c56)n2)=[N+]([O-])C1(C)C. The topological polar surface area (TPSA) is 62.1 Å². The van der Waals surface area contributed by atoms with Crippen molar-refractivity contribution in [2.75, 3.05) is 0 Å². The molecule has 6 rings (SSSR count). The first-order valence-electron chi connectivity index (χ1n) is 11.7. The molecule has 171 valence electrons. The number of pyridine rings is 1. The van der Waals surface area contributed by atoms with Crippen LogP contribution in [0.5, 0.6) is 0 Å². The van der Waals surface area contributed by atoms with Gasteiger partial charge in [0.2, 0.25) is 0 Å². The van der Waals surface area contributed by atoms with Gasteiger partial charge in [0.05, 0.1) is 0 Å². The number of aromatic nitrogens is 1. The number of benzene rings is 4. The molecule has 35 heavy (non-hydrogen) atoms. The fraction of sp³-hybridized carbons (Fsp3) is 0.200. The third-order valence-electron chi connectivity index (χ3n) is 7.73. The van der Waals surface area contributed by atoms with E-state index >= 15 is 0 Å². The van der Waals surface area contributed by atoms with E-state index in [1.807, 2.05) is 6.07 Å². The van der Waals surface area contributed by atoms with Crippen molar-refractivity contribution in [2.45, 2.75) is 38.8 Å². The van der Waals surface area contributed by atoms with Crippen molar-refractivity contribution >= 4 is 38.2 Å². The highest BCUT2D eigenvalue weighted by Crippen LogP contribution is 2.37. The maximum atomic E-state index is 13.0. The zero-order chi connectivity index (χ0) is 24.5. The van der Waals surface area contributed by atoms with Gasteiger partial charge >= 0.3 is 5.84 Å². The van der Waals surface area contributed by atoms with Gasteiger partial charge in [-0.2, -0.15) is 0 Å². The highest BCUT2D eigenvalue weighted by atomic mass is 16.5. The fourth-order valence-corrected chi connectivity index (χ4v) is 4.92. The minimum Gasteiger partial charge on any atom is -0.714 e. The lowest BCUT2D eigenvalue weighted by atomic mass is 9.84. The Morgan fingerprint density at radius 1 is 0.800 bits per heavy atom. The van der Waals surface area contributed by atoms with Crippen molar-refractivity contribution in [2.24, 2.45) is 0 Å². The number of hydroxylamine groups is 3. The molecule has 5 aromatic rings. The van der Waals surface area contributed by atoms with Crippen LogP contribution in [0.2, 0.25) is 0 Å². The average Bonchev–Trinajstić information content (AvgIpc) is 2.97. The number of amidine groups is 1. The smallest absolute Gasteiger partial charge is 0.335 e. The Morgan fingerprint density at radius 2 is 1.43 bits per heavy atom. The predicted octanol–water partition coefficient (Wildman–Crippen LogP) is 5.85. The summed E-state index contributed by atoms with van der Waals surface area (Å²) in [5.41, 5.74) is -0.0416. The molecule has 0 saturated heterocycles. The quantitative estimate of drug-likeness (QED) is 0.137. The minimum atomic E-state index is -0.894. The Balaban J connectivity index is 1.46. The van der Waals surface area contributed by atoms with Crippen LogP contribution in [0.25, 0.3) is 32.3 Å². The van der Waals surface area contributed by atoms with Gasteiger partial charge in [-0.25, -0.2) is 4.98 Å². The maximum absolute atomic E-state index is 13.0. The highest BCUT2D eigenvalue weighted by Gasteiger charge is 2.60. The molecule has 5 nitrogen and oxygen atoms in total. The first kappa shape index (κ1) is 21.4. The van der Waals surface area contributed by atoms with Gasteiger partial charge in [0.15, 0.2) is 11.2 Å². The van der Waals surface area contributed by atoms with E-state index < -0.39 is 11.1 Å². The molecular formula is C30H24N3O2. The van der Waals surface area contributed by atoms with Crippen LogP contribution in [0, 0.1) is 17.0 Å². The van der Waals surface area contributed by atoms with Gasteiger partial charge in [0.1, 0.15) is 11.2 Å². The maximum Gasteiger partial charge on any atom is 0.335 e. The highest BCUT2D eigenvalue weighted by molar-refractivity contribution is 6.23. The summed E-state index contributed by atoms with van der Waals surface area (Å²) in [6.07, 6.45) is 0. The molecule has 0 unspecified atom stereocenters. The summed E-state index contributed by atoms with van der Waals surface area (Å²) < 4.78 is 0.778. The van der Waals surface area contributed by atoms with E-state index in [1.165, 1.54) is 26.9 Å². The van der Waals surface area contributed by atoms with E-state index in [4.69, 9.17) is 0 Å². The van der Waals surface area contributed by atoms with Crippen LogP contribution < -0.4 is 0 Å². The zero-order valence-electron chi connectivity index (χ0n) is 20.1. The van der Waals surface area contributed by atoms with Crippen molar-refractivity contribution < 1.29 is 9.95 Å². The lowest BCUT2D eigenvalue weighted by molar-refractivity contribution is -0.539. The van der Waals surface area contributed by atoms with Crippen molar-refractivity contribution in [3.05, 3.63) is 95.0 Å². The first-order valence-corrected chi connectivity index (χ1v) is 11.7. The molecule has 0 spiro atoms. The Bertz CT molecular complexity index is 1720. The van der Waals surface area contributed by atoms with Crippen molar-refractivity contribution in [3.63, 3.8) is 0 Å². The van der Waals surface area contributed by atoms with Crippen LogP contribution in [-0.4, -0.2) is 31.7 Å². The number of hydrogen-bond acceptors (Lipinski definition) is 3. The van der Waals surface area contributed by atoms with Gasteiger partial charge in [-0.15, -0.1) is 0 Å². The van der Waals surface area contributed by atoms with Crippen molar-refractivity contribution in [1.82, 2.24) is 10.0 Å². The molecule has 0 saturated carbocycles. The van der Waals surface area contributed by atoms with E-state index in [9.17, 15) is 10.4 Å². The largest absolute Gasteiger partial charge is 0.714 e. The summed E-state index contributed by atoms with van der Waals surface area (Å²) >= 11 is 0. The second-order valence-corrected chi connectivity index (χ2v) is 10.2. The normalized spacial score (nSPS) is 16.9. The molecule has 1 aromatic heterocycles. The Labute approximate surface area is 203 Å². The molecule has 0 N–H and O–H groups in total. The molecule has 2 heterocycles. The molecule has 1 aliphatic heterocycles. The number of nitrogens with zero attached hydrogens (tertiary/aromatic N) is 3. The van der Waals surface area contributed by atoms with Gasteiger partial charge in [0.25, 0.3) is 0 Å². The molecule has 0 aliphatic carbocycles. The van der Waals surface area contributed by atoms with Crippen LogP contribution in [0.4, 0.5) is 0 Å². The Hall–Kier alpha value is -4.14. The summed E-state index contributed by atoms with van der Waals surface area (Å²) in [6, 6.07) is 24.3. The minimum absolute atomic E-state index is 0.0198. The average molecular weight is 459 g/mol. The molecule has 0 atom stereocenters. The van der Waals surface area contributed by atoms with Crippen LogP contribution in [-0.2, 0) is 5.21 Å². The van der Waals surface area contributed by atoms with Gasteiger partial charge in [-0.1, -0.05) is 65.6 Å². The van der Waals surface area contributed by atoms with Crippen LogP contribution in [0.1, 0.15) is 44.6 Å². The van der Waals surface area contributed by atoms with Gasteiger partial charge in [0, 0.05) is 10.8 Å². The fourth-order valence-electron chi connectivity index (χ4n) is 4.92. The summed E-state index contributed by atoms with van der Waals surface area (Å²) in [4.78, 5) is 4.57. The predicted molar refractivity (Wildman–Crippen MR) is 139 cm³/mol. The summed E-state index contributed by atoms with van der Waals surface area (Å²) in [5, 5.41) is 34.0. The lowest BCUT2D eigenvalue weighted by Crippen LogP contribution is -2.53. The molecular weight excluding hydrogens is 434 g/mol. The van der Waals surface area contributed by atoms with Crippen LogP contribution in [0.3, 0.4) is 0 Å². The third-order valence-corrected chi connectivity index (χ3v) is 7.73. The van der Waals surface area contributed by atoms with E-state index in [2.05, 4.69) is 65.4 Å².